The Morgan fingerprint density at radius 2 is 1.91 bits per heavy atom. The van der Waals surface area contributed by atoms with Crippen LogP contribution in [0.4, 0.5) is 4.39 Å². The monoisotopic (exact) mass is 376 g/mol. The molecule has 0 bridgehead atoms. The standard InChI is InChI=1S/C16H10BrFN2O3/c17-9-5-6-14(12(18)7-9)20-16(23)11-4-2-1-3-10(11)13(19-20)8-15(21)22/h1-7H,8H2,(H,21,22). The van der Waals surface area contributed by atoms with Crippen LogP contribution in [0.15, 0.2) is 51.7 Å². The summed E-state index contributed by atoms with van der Waals surface area (Å²) in [5.74, 6) is -1.71. The fraction of sp³-hybridized carbons (Fsp3) is 0.0625. The fourth-order valence-corrected chi connectivity index (χ4v) is 2.68. The van der Waals surface area contributed by atoms with Gasteiger partial charge in [-0.1, -0.05) is 34.1 Å². The number of carboxylic acid groups (broad SMARTS) is 1. The van der Waals surface area contributed by atoms with E-state index in [1.54, 1.807) is 30.3 Å². The molecule has 0 saturated heterocycles. The second kappa shape index (κ2) is 5.92. The smallest absolute Gasteiger partial charge is 0.309 e. The highest BCUT2D eigenvalue weighted by Crippen LogP contribution is 2.20. The van der Waals surface area contributed by atoms with Crippen molar-refractivity contribution in [2.75, 3.05) is 0 Å². The highest BCUT2D eigenvalue weighted by Gasteiger charge is 2.16. The maximum absolute atomic E-state index is 14.2. The maximum atomic E-state index is 14.2. The first-order valence-corrected chi connectivity index (χ1v) is 7.45. The third-order valence-corrected chi connectivity index (χ3v) is 3.83. The van der Waals surface area contributed by atoms with Crippen LogP contribution < -0.4 is 5.56 Å². The van der Waals surface area contributed by atoms with Gasteiger partial charge in [-0.25, -0.2) is 4.39 Å². The number of carbonyl (C=O) groups is 1. The number of carboxylic acids is 1. The summed E-state index contributed by atoms with van der Waals surface area (Å²) in [4.78, 5) is 23.6. The van der Waals surface area contributed by atoms with Gasteiger partial charge in [-0.15, -0.1) is 0 Å². The molecule has 5 nitrogen and oxygen atoms in total. The minimum absolute atomic E-state index is 0.0319. The van der Waals surface area contributed by atoms with E-state index in [2.05, 4.69) is 21.0 Å². The fourth-order valence-electron chi connectivity index (χ4n) is 2.35. The minimum atomic E-state index is -1.08. The summed E-state index contributed by atoms with van der Waals surface area (Å²) in [5.41, 5.74) is -0.332. The van der Waals surface area contributed by atoms with E-state index in [0.29, 0.717) is 15.2 Å². The summed E-state index contributed by atoms with van der Waals surface area (Å²) in [6.07, 6.45) is -0.362. The van der Waals surface area contributed by atoms with Crippen LogP contribution in [0.3, 0.4) is 0 Å². The van der Waals surface area contributed by atoms with E-state index in [1.807, 2.05) is 0 Å². The number of benzene rings is 2. The molecule has 0 amide bonds. The summed E-state index contributed by atoms with van der Waals surface area (Å²) in [7, 11) is 0. The molecule has 3 rings (SSSR count). The SMILES string of the molecule is O=C(O)Cc1nn(-c2ccc(Br)cc2F)c(=O)c2ccccc12. The molecule has 0 atom stereocenters. The predicted molar refractivity (Wildman–Crippen MR) is 86.3 cm³/mol. The zero-order valence-electron chi connectivity index (χ0n) is 11.7. The lowest BCUT2D eigenvalue weighted by atomic mass is 10.1. The molecule has 3 aromatic rings. The summed E-state index contributed by atoms with van der Waals surface area (Å²) < 4.78 is 15.6. The molecule has 0 aliphatic rings. The van der Waals surface area contributed by atoms with E-state index >= 15 is 0 Å². The van der Waals surface area contributed by atoms with Gasteiger partial charge in [-0.3, -0.25) is 9.59 Å². The highest BCUT2D eigenvalue weighted by molar-refractivity contribution is 9.10. The van der Waals surface area contributed by atoms with E-state index in [4.69, 9.17) is 5.11 Å². The molecule has 0 unspecified atom stereocenters. The Hall–Kier alpha value is -2.54. The summed E-state index contributed by atoms with van der Waals surface area (Å²) in [6, 6.07) is 10.8. The van der Waals surface area contributed by atoms with Gasteiger partial charge in [0.1, 0.15) is 11.5 Å². The summed E-state index contributed by atoms with van der Waals surface area (Å²) in [6.45, 7) is 0. The molecule has 0 radical (unpaired) electrons. The van der Waals surface area contributed by atoms with Gasteiger partial charge < -0.3 is 5.11 Å². The van der Waals surface area contributed by atoms with Crippen LogP contribution in [0.5, 0.6) is 0 Å². The van der Waals surface area contributed by atoms with E-state index < -0.39 is 17.3 Å². The molecule has 0 spiro atoms. The molecule has 0 aliphatic heterocycles. The molecule has 2 aromatic carbocycles. The van der Waals surface area contributed by atoms with Gasteiger partial charge in [-0.2, -0.15) is 9.78 Å². The Morgan fingerprint density at radius 1 is 1.22 bits per heavy atom. The van der Waals surface area contributed by atoms with Crippen molar-refractivity contribution in [3.63, 3.8) is 0 Å². The molecule has 0 fully saturated rings. The number of halogens is 2. The Labute approximate surface area is 138 Å². The van der Waals surface area contributed by atoms with E-state index in [0.717, 1.165) is 4.68 Å². The highest BCUT2D eigenvalue weighted by atomic mass is 79.9. The topological polar surface area (TPSA) is 72.2 Å². The lowest BCUT2D eigenvalue weighted by Crippen LogP contribution is -2.24. The number of fused-ring (bicyclic) bond motifs is 1. The molecule has 23 heavy (non-hydrogen) atoms. The third kappa shape index (κ3) is 2.87. The van der Waals surface area contributed by atoms with Crippen LogP contribution in [-0.2, 0) is 11.2 Å². The van der Waals surface area contributed by atoms with Crippen LogP contribution in [0.2, 0.25) is 0 Å². The Bertz CT molecular complexity index is 985. The van der Waals surface area contributed by atoms with Crippen molar-refractivity contribution in [1.82, 2.24) is 9.78 Å². The summed E-state index contributed by atoms with van der Waals surface area (Å²) >= 11 is 3.15. The number of aromatic nitrogens is 2. The number of rotatable bonds is 3. The van der Waals surface area contributed by atoms with Crippen molar-refractivity contribution in [3.8, 4) is 5.69 Å². The second-order valence-corrected chi connectivity index (χ2v) is 5.79. The molecule has 0 saturated carbocycles. The first-order chi connectivity index (χ1) is 11.0. The van der Waals surface area contributed by atoms with Gasteiger partial charge in [0.25, 0.3) is 5.56 Å². The molecule has 0 aliphatic carbocycles. The van der Waals surface area contributed by atoms with Gasteiger partial charge in [0.15, 0.2) is 0 Å². The quantitative estimate of drug-likeness (QED) is 0.762. The van der Waals surface area contributed by atoms with Crippen molar-refractivity contribution < 1.29 is 14.3 Å². The Balaban J connectivity index is 2.35. The van der Waals surface area contributed by atoms with Gasteiger partial charge in [0.2, 0.25) is 0 Å². The first kappa shape index (κ1) is 15.4. The van der Waals surface area contributed by atoms with Gasteiger partial charge in [0, 0.05) is 9.86 Å². The second-order valence-electron chi connectivity index (χ2n) is 4.88. The van der Waals surface area contributed by atoms with E-state index in [9.17, 15) is 14.0 Å². The molecule has 1 heterocycles. The van der Waals surface area contributed by atoms with Crippen molar-refractivity contribution in [2.45, 2.75) is 6.42 Å². The van der Waals surface area contributed by atoms with Crippen molar-refractivity contribution in [2.24, 2.45) is 0 Å². The number of nitrogens with zero attached hydrogens (tertiary/aromatic N) is 2. The summed E-state index contributed by atoms with van der Waals surface area (Å²) in [5, 5.41) is 13.9. The molecular weight excluding hydrogens is 367 g/mol. The predicted octanol–water partition coefficient (Wildman–Crippen LogP) is 2.91. The zero-order chi connectivity index (χ0) is 16.6. The van der Waals surface area contributed by atoms with Gasteiger partial charge in [0.05, 0.1) is 17.5 Å². The largest absolute Gasteiger partial charge is 0.481 e. The van der Waals surface area contributed by atoms with Crippen LogP contribution in [0, 0.1) is 5.82 Å². The average Bonchev–Trinajstić information content (AvgIpc) is 2.50. The lowest BCUT2D eigenvalue weighted by molar-refractivity contribution is -0.136. The molecule has 116 valence electrons. The normalized spacial score (nSPS) is 10.9. The van der Waals surface area contributed by atoms with E-state index in [-0.39, 0.29) is 17.8 Å². The van der Waals surface area contributed by atoms with Crippen LogP contribution in [0.1, 0.15) is 5.69 Å². The van der Waals surface area contributed by atoms with Crippen LogP contribution in [0.25, 0.3) is 16.5 Å². The maximum Gasteiger partial charge on any atom is 0.309 e. The Kier molecular flexibility index (Phi) is 3.96. The molecular formula is C16H10BrFN2O3. The minimum Gasteiger partial charge on any atom is -0.481 e. The lowest BCUT2D eigenvalue weighted by Gasteiger charge is -2.11. The van der Waals surface area contributed by atoms with Gasteiger partial charge in [-0.05, 0) is 24.3 Å². The van der Waals surface area contributed by atoms with Crippen molar-refractivity contribution in [3.05, 3.63) is 68.8 Å². The molecule has 7 heteroatoms. The third-order valence-electron chi connectivity index (χ3n) is 3.34. The molecule has 1 N–H and O–H groups in total. The van der Waals surface area contributed by atoms with Crippen LogP contribution in [-0.4, -0.2) is 20.9 Å². The first-order valence-electron chi connectivity index (χ1n) is 6.65. The average molecular weight is 377 g/mol. The van der Waals surface area contributed by atoms with Gasteiger partial charge >= 0.3 is 5.97 Å². The number of hydrogen-bond donors (Lipinski definition) is 1. The van der Waals surface area contributed by atoms with Crippen LogP contribution >= 0.6 is 15.9 Å². The number of hydrogen-bond acceptors (Lipinski definition) is 3. The molecule has 1 aromatic heterocycles. The van der Waals surface area contributed by atoms with Crippen molar-refractivity contribution in [1.29, 1.82) is 0 Å². The zero-order valence-corrected chi connectivity index (χ0v) is 13.2. The van der Waals surface area contributed by atoms with E-state index in [1.165, 1.54) is 12.1 Å². The Morgan fingerprint density at radius 3 is 2.57 bits per heavy atom. The number of aliphatic carboxylic acids is 1. The van der Waals surface area contributed by atoms with Crippen molar-refractivity contribution >= 4 is 32.7 Å².